The van der Waals surface area contributed by atoms with Gasteiger partial charge < -0.3 is 0 Å². The van der Waals surface area contributed by atoms with Gasteiger partial charge in [-0.3, -0.25) is 10.1 Å². The van der Waals surface area contributed by atoms with Gasteiger partial charge in [-0.25, -0.2) is 12.7 Å². The quantitative estimate of drug-likeness (QED) is 0.440. The molecule has 1 aromatic rings. The average molecular weight is 318 g/mol. The Morgan fingerprint density at radius 3 is 2.48 bits per heavy atom. The highest BCUT2D eigenvalue weighted by Gasteiger charge is 2.27. The van der Waals surface area contributed by atoms with Crippen molar-refractivity contribution in [1.29, 1.82) is 0 Å². The van der Waals surface area contributed by atoms with E-state index in [-0.39, 0.29) is 10.5 Å². The first-order valence-electron chi connectivity index (χ1n) is 6.62. The van der Waals surface area contributed by atoms with E-state index in [1.807, 2.05) is 6.92 Å². The zero-order valence-corrected chi connectivity index (χ0v) is 13.1. The molecule has 1 rings (SSSR count). The maximum absolute atomic E-state index is 13.5. The fraction of sp³-hybridized carbons (Fsp3) is 0.538. The Kier molecular flexibility index (Phi) is 5.79. The molecule has 0 saturated carbocycles. The number of aryl methyl sites for hydroxylation is 1. The van der Waals surface area contributed by atoms with Gasteiger partial charge >= 0.3 is 5.69 Å². The Morgan fingerprint density at radius 2 is 1.95 bits per heavy atom. The minimum Gasteiger partial charge on any atom is -0.258 e. The SMILES string of the molecule is CCCCCN(C)S(=O)(=O)c1cc([N+](=O)[O-])c(F)cc1C. The molecule has 0 atom stereocenters. The zero-order valence-electron chi connectivity index (χ0n) is 12.3. The predicted octanol–water partition coefficient (Wildman–Crippen LogP) is 2.85. The largest absolute Gasteiger partial charge is 0.306 e. The van der Waals surface area contributed by atoms with Crippen molar-refractivity contribution in [2.75, 3.05) is 13.6 Å². The number of benzene rings is 1. The van der Waals surface area contributed by atoms with Crippen LogP contribution in [0.15, 0.2) is 17.0 Å². The highest BCUT2D eigenvalue weighted by atomic mass is 32.2. The lowest BCUT2D eigenvalue weighted by Gasteiger charge is -2.18. The van der Waals surface area contributed by atoms with Crippen molar-refractivity contribution >= 4 is 15.7 Å². The predicted molar refractivity (Wildman–Crippen MR) is 77.1 cm³/mol. The summed E-state index contributed by atoms with van der Waals surface area (Å²) in [5.74, 6) is -1.04. The van der Waals surface area contributed by atoms with Crippen molar-refractivity contribution in [1.82, 2.24) is 4.31 Å². The minimum atomic E-state index is -3.86. The van der Waals surface area contributed by atoms with Crippen LogP contribution in [0.25, 0.3) is 0 Å². The molecule has 0 aromatic heterocycles. The lowest BCUT2D eigenvalue weighted by Crippen LogP contribution is -2.28. The highest BCUT2D eigenvalue weighted by Crippen LogP contribution is 2.27. The molecule has 0 N–H and O–H groups in total. The summed E-state index contributed by atoms with van der Waals surface area (Å²) < 4.78 is 39.4. The molecule has 0 spiro atoms. The van der Waals surface area contributed by atoms with E-state index in [4.69, 9.17) is 0 Å². The van der Waals surface area contributed by atoms with Crippen LogP contribution >= 0.6 is 0 Å². The van der Waals surface area contributed by atoms with Crippen molar-refractivity contribution in [3.8, 4) is 0 Å². The molecule has 0 aliphatic carbocycles. The van der Waals surface area contributed by atoms with Crippen molar-refractivity contribution in [3.63, 3.8) is 0 Å². The Bertz CT molecular complexity index is 631. The van der Waals surface area contributed by atoms with Gasteiger partial charge in [0.1, 0.15) is 0 Å². The summed E-state index contributed by atoms with van der Waals surface area (Å²) in [6.45, 7) is 3.74. The number of rotatable bonds is 7. The molecule has 0 bridgehead atoms. The Morgan fingerprint density at radius 1 is 1.33 bits per heavy atom. The summed E-state index contributed by atoms with van der Waals surface area (Å²) in [5, 5.41) is 10.8. The van der Waals surface area contributed by atoms with Gasteiger partial charge in [-0.15, -0.1) is 0 Å². The van der Waals surface area contributed by atoms with Crippen LogP contribution in [-0.2, 0) is 10.0 Å². The molecule has 0 unspecified atom stereocenters. The van der Waals surface area contributed by atoms with Gasteiger partial charge in [0.2, 0.25) is 15.8 Å². The number of hydrogen-bond donors (Lipinski definition) is 0. The number of sulfonamides is 1. The van der Waals surface area contributed by atoms with E-state index in [2.05, 4.69) is 0 Å². The lowest BCUT2D eigenvalue weighted by atomic mass is 10.2. The molecule has 0 radical (unpaired) electrons. The third-order valence-electron chi connectivity index (χ3n) is 3.21. The van der Waals surface area contributed by atoms with E-state index >= 15 is 0 Å². The molecule has 0 saturated heterocycles. The third-order valence-corrected chi connectivity index (χ3v) is 5.20. The van der Waals surface area contributed by atoms with E-state index in [1.165, 1.54) is 14.0 Å². The van der Waals surface area contributed by atoms with Crippen molar-refractivity contribution in [2.24, 2.45) is 0 Å². The van der Waals surface area contributed by atoms with Gasteiger partial charge in [0.15, 0.2) is 0 Å². The monoisotopic (exact) mass is 318 g/mol. The normalized spacial score (nSPS) is 11.9. The van der Waals surface area contributed by atoms with Crippen LogP contribution in [0.3, 0.4) is 0 Å². The Labute approximate surface area is 123 Å². The number of unbranched alkanes of at least 4 members (excludes halogenated alkanes) is 2. The van der Waals surface area contributed by atoms with E-state index in [1.54, 1.807) is 0 Å². The van der Waals surface area contributed by atoms with E-state index < -0.39 is 26.5 Å². The van der Waals surface area contributed by atoms with Crippen LogP contribution in [-0.4, -0.2) is 31.2 Å². The van der Waals surface area contributed by atoms with Crippen LogP contribution in [0.1, 0.15) is 31.7 Å². The average Bonchev–Trinajstić information content (AvgIpc) is 2.37. The van der Waals surface area contributed by atoms with Crippen molar-refractivity contribution in [2.45, 2.75) is 38.0 Å². The number of hydrogen-bond acceptors (Lipinski definition) is 4. The van der Waals surface area contributed by atoms with Gasteiger partial charge in [0, 0.05) is 19.7 Å². The fourth-order valence-electron chi connectivity index (χ4n) is 1.93. The van der Waals surface area contributed by atoms with Gasteiger partial charge in [0.05, 0.1) is 9.82 Å². The number of halogens is 1. The topological polar surface area (TPSA) is 80.5 Å². The Balaban J connectivity index is 3.19. The van der Waals surface area contributed by atoms with Crippen LogP contribution < -0.4 is 0 Å². The summed E-state index contributed by atoms with van der Waals surface area (Å²) in [6.07, 6.45) is 2.55. The second-order valence-corrected chi connectivity index (χ2v) is 6.87. The van der Waals surface area contributed by atoms with Gasteiger partial charge in [-0.2, -0.15) is 4.39 Å². The molecule has 8 heteroatoms. The molecule has 0 heterocycles. The van der Waals surface area contributed by atoms with E-state index in [9.17, 15) is 22.9 Å². The first-order chi connectivity index (χ1) is 9.71. The maximum Gasteiger partial charge on any atom is 0.306 e. The summed E-state index contributed by atoms with van der Waals surface area (Å²) >= 11 is 0. The number of nitro benzene ring substituents is 1. The molecular formula is C13H19FN2O4S. The second-order valence-electron chi connectivity index (χ2n) is 4.86. The Hall–Kier alpha value is -1.54. The molecule has 21 heavy (non-hydrogen) atoms. The van der Waals surface area contributed by atoms with Crippen LogP contribution in [0.4, 0.5) is 10.1 Å². The van der Waals surface area contributed by atoms with Gasteiger partial charge in [0.25, 0.3) is 0 Å². The lowest BCUT2D eigenvalue weighted by molar-refractivity contribution is -0.387. The van der Waals surface area contributed by atoms with Crippen LogP contribution in [0.2, 0.25) is 0 Å². The van der Waals surface area contributed by atoms with Crippen LogP contribution in [0, 0.1) is 22.9 Å². The molecule has 0 aliphatic heterocycles. The van der Waals surface area contributed by atoms with E-state index in [0.717, 1.165) is 29.3 Å². The second kappa shape index (κ2) is 6.95. The highest BCUT2D eigenvalue weighted by molar-refractivity contribution is 7.89. The first kappa shape index (κ1) is 17.5. The van der Waals surface area contributed by atoms with Gasteiger partial charge in [-0.05, 0) is 25.0 Å². The first-order valence-corrected chi connectivity index (χ1v) is 8.06. The summed E-state index contributed by atoms with van der Waals surface area (Å²) in [5.41, 5.74) is -0.679. The minimum absolute atomic E-state index is 0.153. The molecule has 1 aromatic carbocycles. The molecule has 0 aliphatic rings. The number of nitro groups is 1. The smallest absolute Gasteiger partial charge is 0.258 e. The molecule has 6 nitrogen and oxygen atoms in total. The standard InChI is InChI=1S/C13H19FN2O4S/c1-4-5-6-7-15(3)21(19,20)13-9-12(16(17)18)11(14)8-10(13)2/h8-9H,4-7H2,1-3H3. The van der Waals surface area contributed by atoms with E-state index in [0.29, 0.717) is 13.0 Å². The molecule has 0 amide bonds. The number of nitrogens with zero attached hydrogens (tertiary/aromatic N) is 2. The summed E-state index contributed by atoms with van der Waals surface area (Å²) in [6, 6.07) is 1.67. The molecule has 0 fully saturated rings. The third kappa shape index (κ3) is 3.98. The fourth-order valence-corrected chi connectivity index (χ4v) is 3.36. The summed E-state index contributed by atoms with van der Waals surface area (Å²) in [4.78, 5) is 9.60. The van der Waals surface area contributed by atoms with Crippen molar-refractivity contribution in [3.05, 3.63) is 33.6 Å². The molecular weight excluding hydrogens is 299 g/mol. The zero-order chi connectivity index (χ0) is 16.2. The van der Waals surface area contributed by atoms with Crippen LogP contribution in [0.5, 0.6) is 0 Å². The van der Waals surface area contributed by atoms with Crippen molar-refractivity contribution < 1.29 is 17.7 Å². The maximum atomic E-state index is 13.5. The molecule has 118 valence electrons. The van der Waals surface area contributed by atoms with Gasteiger partial charge in [-0.1, -0.05) is 19.8 Å². The summed E-state index contributed by atoms with van der Waals surface area (Å²) in [7, 11) is -2.44.